The molecule has 1 unspecified atom stereocenters. The molecular weight excluding hydrogens is 152 g/mol. The molecule has 0 aromatic heterocycles. The minimum Gasteiger partial charge on any atom is -0.373 e. The first-order valence-electron chi connectivity index (χ1n) is 4.06. The number of rotatable bonds is 3. The number of Topliss-reactive ketones (excluding diaryl/α,β-unsaturated/α-hetero) is 1. The molecule has 1 aromatic carbocycles. The van der Waals surface area contributed by atoms with E-state index in [1.165, 1.54) is 0 Å². The third-order valence-corrected chi connectivity index (χ3v) is 1.91. The molecule has 1 aliphatic heterocycles. The Morgan fingerprint density at radius 2 is 2.08 bits per heavy atom. The van der Waals surface area contributed by atoms with Gasteiger partial charge in [-0.15, -0.1) is 0 Å². The summed E-state index contributed by atoms with van der Waals surface area (Å²) in [4.78, 5) is 11.4. The molecule has 1 saturated heterocycles. The van der Waals surface area contributed by atoms with E-state index in [1.807, 2.05) is 30.3 Å². The fourth-order valence-electron chi connectivity index (χ4n) is 1.13. The maximum absolute atomic E-state index is 11.4. The van der Waals surface area contributed by atoms with E-state index in [9.17, 15) is 4.79 Å². The molecule has 2 rings (SSSR count). The Bertz CT molecular complexity index is 275. The van der Waals surface area contributed by atoms with Crippen molar-refractivity contribution < 1.29 is 9.53 Å². The molecule has 0 N–H and O–H groups in total. The lowest BCUT2D eigenvalue weighted by Gasteiger charge is -1.96. The van der Waals surface area contributed by atoms with Crippen LogP contribution in [0.2, 0.25) is 0 Å². The molecule has 12 heavy (non-hydrogen) atoms. The number of epoxide rings is 1. The lowest BCUT2D eigenvalue weighted by molar-refractivity contribution is 0.0972. The van der Waals surface area contributed by atoms with Crippen LogP contribution in [0.4, 0.5) is 0 Å². The molecule has 0 amide bonds. The summed E-state index contributed by atoms with van der Waals surface area (Å²) in [6.45, 7) is 0.749. The highest BCUT2D eigenvalue weighted by Gasteiger charge is 2.25. The lowest BCUT2D eigenvalue weighted by atomic mass is 10.1. The van der Waals surface area contributed by atoms with Crippen molar-refractivity contribution in [3.8, 4) is 0 Å². The van der Waals surface area contributed by atoms with Crippen molar-refractivity contribution in [1.29, 1.82) is 0 Å². The summed E-state index contributed by atoms with van der Waals surface area (Å²) in [6, 6.07) is 9.34. The predicted octanol–water partition coefficient (Wildman–Crippen LogP) is 1.66. The average molecular weight is 162 g/mol. The van der Waals surface area contributed by atoms with Crippen molar-refractivity contribution in [2.24, 2.45) is 0 Å². The van der Waals surface area contributed by atoms with E-state index < -0.39 is 0 Å². The fourth-order valence-corrected chi connectivity index (χ4v) is 1.13. The monoisotopic (exact) mass is 162 g/mol. The van der Waals surface area contributed by atoms with Crippen LogP contribution in [0.1, 0.15) is 16.8 Å². The van der Waals surface area contributed by atoms with Gasteiger partial charge in [0, 0.05) is 12.0 Å². The van der Waals surface area contributed by atoms with Gasteiger partial charge in [-0.1, -0.05) is 30.3 Å². The molecule has 0 radical (unpaired) electrons. The lowest BCUT2D eigenvalue weighted by Crippen LogP contribution is -2.02. The third kappa shape index (κ3) is 1.71. The van der Waals surface area contributed by atoms with E-state index in [4.69, 9.17) is 4.74 Å². The largest absolute Gasteiger partial charge is 0.373 e. The van der Waals surface area contributed by atoms with Gasteiger partial charge in [0.2, 0.25) is 0 Å². The van der Waals surface area contributed by atoms with E-state index in [0.717, 1.165) is 12.2 Å². The van der Waals surface area contributed by atoms with Gasteiger partial charge in [0.05, 0.1) is 12.7 Å². The number of hydrogen-bond acceptors (Lipinski definition) is 2. The highest BCUT2D eigenvalue weighted by Crippen LogP contribution is 2.16. The second kappa shape index (κ2) is 3.07. The normalized spacial score (nSPS) is 20.5. The number of benzene rings is 1. The Balaban J connectivity index is 2.03. The first-order valence-corrected chi connectivity index (χ1v) is 4.06. The molecule has 0 saturated carbocycles. The third-order valence-electron chi connectivity index (χ3n) is 1.91. The number of hydrogen-bond donors (Lipinski definition) is 0. The Morgan fingerprint density at radius 1 is 1.42 bits per heavy atom. The van der Waals surface area contributed by atoms with Crippen LogP contribution in [0.15, 0.2) is 30.3 Å². The zero-order valence-electron chi connectivity index (χ0n) is 6.69. The quantitative estimate of drug-likeness (QED) is 0.499. The van der Waals surface area contributed by atoms with Gasteiger partial charge in [-0.25, -0.2) is 0 Å². The minimum atomic E-state index is 0.179. The molecule has 0 spiro atoms. The maximum Gasteiger partial charge on any atom is 0.165 e. The summed E-state index contributed by atoms with van der Waals surface area (Å²) in [7, 11) is 0. The average Bonchev–Trinajstić information content (AvgIpc) is 2.90. The van der Waals surface area contributed by atoms with Gasteiger partial charge in [0.1, 0.15) is 0 Å². The summed E-state index contributed by atoms with van der Waals surface area (Å²) < 4.78 is 4.98. The zero-order chi connectivity index (χ0) is 8.39. The summed E-state index contributed by atoms with van der Waals surface area (Å²) in [6.07, 6.45) is 0.724. The van der Waals surface area contributed by atoms with Crippen LogP contribution in [-0.4, -0.2) is 18.5 Å². The van der Waals surface area contributed by atoms with Crippen molar-refractivity contribution in [1.82, 2.24) is 0 Å². The second-order valence-electron chi connectivity index (χ2n) is 2.95. The second-order valence-corrected chi connectivity index (χ2v) is 2.95. The number of carbonyl (C=O) groups is 1. The Morgan fingerprint density at radius 3 is 2.67 bits per heavy atom. The van der Waals surface area contributed by atoms with Crippen LogP contribution in [0.5, 0.6) is 0 Å². The SMILES string of the molecule is O=C(CC1CO1)c1ccccc1. The molecule has 2 nitrogen and oxygen atoms in total. The summed E-state index contributed by atoms with van der Waals surface area (Å²) in [5.74, 6) is 0.179. The number of ether oxygens (including phenoxy) is 1. The van der Waals surface area contributed by atoms with Crippen molar-refractivity contribution >= 4 is 5.78 Å². The Kier molecular flexibility index (Phi) is 1.92. The van der Waals surface area contributed by atoms with Crippen LogP contribution >= 0.6 is 0 Å². The molecular formula is C10H10O2. The highest BCUT2D eigenvalue weighted by molar-refractivity contribution is 5.96. The molecule has 0 bridgehead atoms. The maximum atomic E-state index is 11.4. The number of carbonyl (C=O) groups excluding carboxylic acids is 1. The van der Waals surface area contributed by atoms with Gasteiger partial charge in [0.15, 0.2) is 5.78 Å². The topological polar surface area (TPSA) is 29.6 Å². The van der Waals surface area contributed by atoms with Crippen molar-refractivity contribution in [3.05, 3.63) is 35.9 Å². The Labute approximate surface area is 71.2 Å². The Hall–Kier alpha value is -1.15. The number of ketones is 1. The van der Waals surface area contributed by atoms with E-state index in [0.29, 0.717) is 6.42 Å². The van der Waals surface area contributed by atoms with Gasteiger partial charge in [-0.3, -0.25) is 4.79 Å². The minimum absolute atomic E-state index is 0.179. The van der Waals surface area contributed by atoms with Gasteiger partial charge < -0.3 is 4.74 Å². The first-order chi connectivity index (χ1) is 5.86. The van der Waals surface area contributed by atoms with Crippen LogP contribution in [0.3, 0.4) is 0 Å². The molecule has 62 valence electrons. The van der Waals surface area contributed by atoms with Gasteiger partial charge in [-0.2, -0.15) is 0 Å². The van der Waals surface area contributed by atoms with Gasteiger partial charge >= 0.3 is 0 Å². The van der Waals surface area contributed by atoms with E-state index in [2.05, 4.69) is 0 Å². The smallest absolute Gasteiger partial charge is 0.165 e. The molecule has 1 fully saturated rings. The first kappa shape index (κ1) is 7.50. The van der Waals surface area contributed by atoms with Crippen molar-refractivity contribution in [3.63, 3.8) is 0 Å². The van der Waals surface area contributed by atoms with E-state index in [1.54, 1.807) is 0 Å². The van der Waals surface area contributed by atoms with Crippen LogP contribution < -0.4 is 0 Å². The van der Waals surface area contributed by atoms with E-state index in [-0.39, 0.29) is 11.9 Å². The molecule has 1 atom stereocenters. The fraction of sp³-hybridized carbons (Fsp3) is 0.300. The van der Waals surface area contributed by atoms with Crippen molar-refractivity contribution in [2.45, 2.75) is 12.5 Å². The predicted molar refractivity (Wildman–Crippen MR) is 45.1 cm³/mol. The zero-order valence-corrected chi connectivity index (χ0v) is 6.69. The molecule has 2 heteroatoms. The standard InChI is InChI=1S/C10H10O2/c11-10(6-9-7-12-9)8-4-2-1-3-5-8/h1-5,9H,6-7H2. The van der Waals surface area contributed by atoms with Crippen LogP contribution in [0.25, 0.3) is 0 Å². The summed E-state index contributed by atoms with van der Waals surface area (Å²) in [5.41, 5.74) is 0.785. The molecule has 1 aliphatic rings. The summed E-state index contributed by atoms with van der Waals surface area (Å²) in [5, 5.41) is 0. The molecule has 1 heterocycles. The van der Waals surface area contributed by atoms with Crippen LogP contribution in [-0.2, 0) is 4.74 Å². The van der Waals surface area contributed by atoms with Gasteiger partial charge in [0.25, 0.3) is 0 Å². The van der Waals surface area contributed by atoms with E-state index >= 15 is 0 Å². The molecule has 1 aromatic rings. The molecule has 0 aliphatic carbocycles. The van der Waals surface area contributed by atoms with Gasteiger partial charge in [-0.05, 0) is 0 Å². The van der Waals surface area contributed by atoms with Crippen molar-refractivity contribution in [2.75, 3.05) is 6.61 Å². The highest BCUT2D eigenvalue weighted by atomic mass is 16.6. The van der Waals surface area contributed by atoms with Crippen LogP contribution in [0, 0.1) is 0 Å². The summed E-state index contributed by atoms with van der Waals surface area (Å²) >= 11 is 0.